The number of amides is 1. The van der Waals surface area contributed by atoms with Gasteiger partial charge in [-0.3, -0.25) is 0 Å². The highest BCUT2D eigenvalue weighted by atomic mass is 16.6. The summed E-state index contributed by atoms with van der Waals surface area (Å²) in [5.41, 5.74) is 3.61. The van der Waals surface area contributed by atoms with E-state index in [4.69, 9.17) is 4.74 Å². The molecule has 1 atom stereocenters. The van der Waals surface area contributed by atoms with Crippen molar-refractivity contribution >= 4 is 6.09 Å². The zero-order chi connectivity index (χ0) is 17.2. The maximum Gasteiger partial charge on any atom is 0.408 e. The van der Waals surface area contributed by atoms with Crippen LogP contribution >= 0.6 is 0 Å². The molecule has 2 aromatic rings. The fourth-order valence-electron chi connectivity index (χ4n) is 2.36. The molecule has 5 nitrogen and oxygen atoms in total. The van der Waals surface area contributed by atoms with E-state index in [1.807, 2.05) is 76.6 Å². The van der Waals surface area contributed by atoms with Crippen LogP contribution in [-0.2, 0) is 4.74 Å². The lowest BCUT2D eigenvalue weighted by Gasteiger charge is -2.22. The van der Waals surface area contributed by atoms with Crippen molar-refractivity contribution in [2.75, 3.05) is 0 Å². The number of carbonyl (C=O) groups is 1. The third-order valence-corrected chi connectivity index (χ3v) is 3.38. The van der Waals surface area contributed by atoms with Gasteiger partial charge in [0.15, 0.2) is 0 Å². The molecule has 1 amide bonds. The first-order valence-corrected chi connectivity index (χ1v) is 7.79. The Kier molecular flexibility index (Phi) is 4.78. The summed E-state index contributed by atoms with van der Waals surface area (Å²) in [6, 6.07) is 9.91. The van der Waals surface area contributed by atoms with Gasteiger partial charge in [-0.1, -0.05) is 12.1 Å². The van der Waals surface area contributed by atoms with Crippen LogP contribution in [0.15, 0.2) is 30.3 Å². The predicted octanol–water partition coefficient (Wildman–Crippen LogP) is 4.07. The van der Waals surface area contributed by atoms with Gasteiger partial charge in [-0.05, 0) is 65.3 Å². The summed E-state index contributed by atoms with van der Waals surface area (Å²) >= 11 is 0. The van der Waals surface area contributed by atoms with E-state index in [-0.39, 0.29) is 6.04 Å². The highest BCUT2D eigenvalue weighted by Gasteiger charge is 2.18. The van der Waals surface area contributed by atoms with E-state index < -0.39 is 11.7 Å². The lowest BCUT2D eigenvalue weighted by atomic mass is 10.1. The molecule has 1 N–H and O–H groups in total. The Bertz CT molecular complexity index is 681. The lowest BCUT2D eigenvalue weighted by Crippen LogP contribution is -2.34. The van der Waals surface area contributed by atoms with E-state index in [1.54, 1.807) is 0 Å². The van der Waals surface area contributed by atoms with Crippen LogP contribution in [0.5, 0.6) is 0 Å². The van der Waals surface area contributed by atoms with E-state index in [9.17, 15) is 4.79 Å². The summed E-state index contributed by atoms with van der Waals surface area (Å²) in [6.07, 6.45) is -0.410. The Labute approximate surface area is 137 Å². The molecule has 0 fully saturated rings. The fourth-order valence-corrected chi connectivity index (χ4v) is 2.36. The van der Waals surface area contributed by atoms with Gasteiger partial charge in [0.05, 0.1) is 17.4 Å². The molecule has 0 bridgehead atoms. The van der Waals surface area contributed by atoms with Gasteiger partial charge in [0.2, 0.25) is 0 Å². The van der Waals surface area contributed by atoms with Crippen LogP contribution in [0.4, 0.5) is 4.79 Å². The van der Waals surface area contributed by atoms with Crippen molar-refractivity contribution in [3.05, 3.63) is 47.3 Å². The summed E-state index contributed by atoms with van der Waals surface area (Å²) in [5.74, 6) is 0. The first kappa shape index (κ1) is 17.1. The molecule has 1 aromatic heterocycles. The van der Waals surface area contributed by atoms with E-state index in [1.165, 1.54) is 0 Å². The second-order valence-electron chi connectivity index (χ2n) is 6.80. The van der Waals surface area contributed by atoms with Crippen LogP contribution in [0.3, 0.4) is 0 Å². The molecule has 0 aliphatic rings. The van der Waals surface area contributed by atoms with Crippen LogP contribution in [-0.4, -0.2) is 21.5 Å². The average Bonchev–Trinajstić information content (AvgIpc) is 2.75. The van der Waals surface area contributed by atoms with Crippen LogP contribution < -0.4 is 5.32 Å². The van der Waals surface area contributed by atoms with E-state index in [2.05, 4.69) is 10.4 Å². The highest BCUT2D eigenvalue weighted by molar-refractivity contribution is 5.68. The van der Waals surface area contributed by atoms with E-state index in [0.717, 1.165) is 22.6 Å². The van der Waals surface area contributed by atoms with Gasteiger partial charge >= 0.3 is 6.09 Å². The Morgan fingerprint density at radius 3 is 2.30 bits per heavy atom. The minimum absolute atomic E-state index is 0.126. The van der Waals surface area contributed by atoms with Gasteiger partial charge in [-0.2, -0.15) is 5.10 Å². The first-order valence-electron chi connectivity index (χ1n) is 7.79. The van der Waals surface area contributed by atoms with Crippen molar-refractivity contribution in [2.45, 2.75) is 53.2 Å². The average molecular weight is 315 g/mol. The van der Waals surface area contributed by atoms with Crippen molar-refractivity contribution in [2.24, 2.45) is 0 Å². The van der Waals surface area contributed by atoms with Crippen molar-refractivity contribution in [3.63, 3.8) is 0 Å². The summed E-state index contributed by atoms with van der Waals surface area (Å²) in [5, 5.41) is 7.31. The molecule has 1 unspecified atom stereocenters. The number of hydrogen-bond donors (Lipinski definition) is 1. The molecule has 0 radical (unpaired) electrons. The molecule has 0 spiro atoms. The second-order valence-corrected chi connectivity index (χ2v) is 6.80. The van der Waals surface area contributed by atoms with E-state index >= 15 is 0 Å². The Hall–Kier alpha value is -2.30. The molecule has 5 heteroatoms. The van der Waals surface area contributed by atoms with Crippen molar-refractivity contribution in [3.8, 4) is 5.69 Å². The Morgan fingerprint density at radius 1 is 1.22 bits per heavy atom. The first-order chi connectivity index (χ1) is 10.7. The van der Waals surface area contributed by atoms with Gasteiger partial charge in [0, 0.05) is 5.69 Å². The summed E-state index contributed by atoms with van der Waals surface area (Å²) in [4.78, 5) is 11.8. The van der Waals surface area contributed by atoms with Crippen LogP contribution in [0, 0.1) is 13.8 Å². The van der Waals surface area contributed by atoms with Gasteiger partial charge < -0.3 is 10.1 Å². The van der Waals surface area contributed by atoms with E-state index in [0.29, 0.717) is 0 Å². The molecule has 1 heterocycles. The number of alkyl carbamates (subject to hydrolysis) is 1. The minimum atomic E-state index is -0.497. The number of ether oxygens (including phenoxy) is 1. The van der Waals surface area contributed by atoms with Gasteiger partial charge in [0.1, 0.15) is 5.60 Å². The van der Waals surface area contributed by atoms with Gasteiger partial charge in [-0.25, -0.2) is 9.48 Å². The summed E-state index contributed by atoms with van der Waals surface area (Å²) in [7, 11) is 0. The summed E-state index contributed by atoms with van der Waals surface area (Å²) < 4.78 is 7.19. The molecule has 0 aliphatic carbocycles. The largest absolute Gasteiger partial charge is 0.444 e. The maximum absolute atomic E-state index is 11.8. The molecule has 23 heavy (non-hydrogen) atoms. The highest BCUT2D eigenvalue weighted by Crippen LogP contribution is 2.18. The number of nitrogens with one attached hydrogen (secondary N) is 1. The number of hydrogen-bond acceptors (Lipinski definition) is 3. The molecule has 0 aliphatic heterocycles. The minimum Gasteiger partial charge on any atom is -0.444 e. The number of aryl methyl sites for hydroxylation is 2. The zero-order valence-electron chi connectivity index (χ0n) is 14.7. The van der Waals surface area contributed by atoms with Crippen molar-refractivity contribution < 1.29 is 9.53 Å². The molecule has 124 valence electrons. The standard InChI is InChI=1S/C18H25N3O2/c1-12-11-13(2)21(20-12)16-9-7-15(8-10-16)14(3)19-17(22)23-18(4,5)6/h7-11,14H,1-6H3,(H,19,22). The van der Waals surface area contributed by atoms with Crippen molar-refractivity contribution in [1.29, 1.82) is 0 Å². The monoisotopic (exact) mass is 315 g/mol. The molecule has 2 rings (SSSR count). The molecular formula is C18H25N3O2. The normalized spacial score (nSPS) is 12.8. The topological polar surface area (TPSA) is 56.2 Å². The van der Waals surface area contributed by atoms with Crippen LogP contribution in [0.25, 0.3) is 5.69 Å². The maximum atomic E-state index is 11.8. The Balaban J connectivity index is 2.07. The molecular weight excluding hydrogens is 290 g/mol. The van der Waals surface area contributed by atoms with Gasteiger partial charge in [-0.15, -0.1) is 0 Å². The van der Waals surface area contributed by atoms with Crippen LogP contribution in [0.1, 0.15) is 50.7 Å². The number of carbonyl (C=O) groups excluding carboxylic acids is 1. The molecule has 0 saturated carbocycles. The molecule has 0 saturated heterocycles. The second kappa shape index (κ2) is 6.44. The smallest absolute Gasteiger partial charge is 0.408 e. The number of nitrogens with zero attached hydrogens (tertiary/aromatic N) is 2. The fraction of sp³-hybridized carbons (Fsp3) is 0.444. The number of rotatable bonds is 3. The molecule has 1 aromatic carbocycles. The third-order valence-electron chi connectivity index (χ3n) is 3.38. The van der Waals surface area contributed by atoms with Gasteiger partial charge in [0.25, 0.3) is 0 Å². The SMILES string of the molecule is Cc1cc(C)n(-c2ccc(C(C)NC(=O)OC(C)(C)C)cc2)n1. The Morgan fingerprint density at radius 2 is 1.83 bits per heavy atom. The lowest BCUT2D eigenvalue weighted by molar-refractivity contribution is 0.0508. The predicted molar refractivity (Wildman–Crippen MR) is 90.8 cm³/mol. The van der Waals surface area contributed by atoms with Crippen LogP contribution in [0.2, 0.25) is 0 Å². The third kappa shape index (κ3) is 4.58. The number of benzene rings is 1. The quantitative estimate of drug-likeness (QED) is 0.928. The van der Waals surface area contributed by atoms with Crippen molar-refractivity contribution in [1.82, 2.24) is 15.1 Å². The number of aromatic nitrogens is 2. The zero-order valence-corrected chi connectivity index (χ0v) is 14.7. The summed E-state index contributed by atoms with van der Waals surface area (Å²) in [6.45, 7) is 11.5.